The van der Waals surface area contributed by atoms with Crippen LogP contribution in [0.4, 0.5) is 0 Å². The van der Waals surface area contributed by atoms with E-state index in [0.717, 1.165) is 16.9 Å². The molecule has 0 saturated carbocycles. The minimum Gasteiger partial charge on any atom is -0.496 e. The highest BCUT2D eigenvalue weighted by Gasteiger charge is 2.08. The van der Waals surface area contributed by atoms with Crippen molar-refractivity contribution >= 4 is 5.78 Å². The zero-order chi connectivity index (χ0) is 12.3. The van der Waals surface area contributed by atoms with E-state index in [1.165, 1.54) is 0 Å². The number of ether oxygens (including phenoxy) is 1. The van der Waals surface area contributed by atoms with Gasteiger partial charge in [-0.3, -0.25) is 4.79 Å². The molecular weight excluding hydrogens is 212 g/mol. The molecule has 0 atom stereocenters. The summed E-state index contributed by atoms with van der Waals surface area (Å²) in [6, 6.07) is 15.4. The summed E-state index contributed by atoms with van der Waals surface area (Å²) in [6.07, 6.45) is 0. The monoisotopic (exact) mass is 226 g/mol. The maximum Gasteiger partial charge on any atom is 0.159 e. The van der Waals surface area contributed by atoms with Gasteiger partial charge in [0.05, 0.1) is 7.11 Å². The summed E-state index contributed by atoms with van der Waals surface area (Å²) in [7, 11) is 1.63. The summed E-state index contributed by atoms with van der Waals surface area (Å²) in [5.74, 6) is 0.839. The van der Waals surface area contributed by atoms with Crippen molar-refractivity contribution in [2.45, 2.75) is 6.92 Å². The van der Waals surface area contributed by atoms with Gasteiger partial charge < -0.3 is 4.74 Å². The van der Waals surface area contributed by atoms with Crippen molar-refractivity contribution in [1.82, 2.24) is 0 Å². The molecule has 0 aliphatic heterocycles. The minimum absolute atomic E-state index is 0.0600. The third kappa shape index (κ3) is 2.36. The summed E-state index contributed by atoms with van der Waals surface area (Å²) in [5, 5.41) is 0. The fourth-order valence-electron chi connectivity index (χ4n) is 1.77. The first-order chi connectivity index (χ1) is 8.22. The zero-order valence-corrected chi connectivity index (χ0v) is 9.94. The van der Waals surface area contributed by atoms with Gasteiger partial charge >= 0.3 is 0 Å². The molecule has 0 saturated heterocycles. The van der Waals surface area contributed by atoms with Gasteiger partial charge in [0.2, 0.25) is 0 Å². The second-order valence-corrected chi connectivity index (χ2v) is 3.84. The first-order valence-electron chi connectivity index (χ1n) is 5.47. The number of Topliss-reactive ketones (excluding diaryl/α,β-unsaturated/α-hetero) is 1. The van der Waals surface area contributed by atoms with E-state index in [4.69, 9.17) is 4.74 Å². The Morgan fingerprint density at radius 3 is 2.35 bits per heavy atom. The Balaban J connectivity index is 2.58. The molecule has 2 aromatic carbocycles. The quantitative estimate of drug-likeness (QED) is 0.748. The Hall–Kier alpha value is -2.09. The zero-order valence-electron chi connectivity index (χ0n) is 9.94. The number of ketones is 1. The van der Waals surface area contributed by atoms with E-state index in [1.54, 1.807) is 20.1 Å². The molecule has 0 amide bonds. The molecule has 2 heteroatoms. The van der Waals surface area contributed by atoms with Crippen molar-refractivity contribution in [2.24, 2.45) is 0 Å². The van der Waals surface area contributed by atoms with E-state index in [1.807, 2.05) is 42.5 Å². The van der Waals surface area contributed by atoms with Gasteiger partial charge in [0.15, 0.2) is 5.78 Å². The Morgan fingerprint density at radius 1 is 1.06 bits per heavy atom. The van der Waals surface area contributed by atoms with E-state index in [-0.39, 0.29) is 5.78 Å². The standard InChI is InChI=1S/C15H14O2/c1-11(16)13-8-9-15(17-2)14(10-13)12-6-4-3-5-7-12/h3-10H,1-2H3. The van der Waals surface area contributed by atoms with Gasteiger partial charge in [-0.25, -0.2) is 0 Å². The fraction of sp³-hybridized carbons (Fsp3) is 0.133. The van der Waals surface area contributed by atoms with Crippen LogP contribution in [-0.2, 0) is 0 Å². The van der Waals surface area contributed by atoms with Crippen molar-refractivity contribution in [3.8, 4) is 16.9 Å². The maximum absolute atomic E-state index is 11.4. The Morgan fingerprint density at radius 2 is 1.76 bits per heavy atom. The van der Waals surface area contributed by atoms with Crippen LogP contribution in [0, 0.1) is 0 Å². The Bertz CT molecular complexity index is 530. The van der Waals surface area contributed by atoms with Crippen LogP contribution in [0.15, 0.2) is 48.5 Å². The highest BCUT2D eigenvalue weighted by atomic mass is 16.5. The minimum atomic E-state index is 0.0600. The Kier molecular flexibility index (Phi) is 3.24. The van der Waals surface area contributed by atoms with Crippen LogP contribution in [-0.4, -0.2) is 12.9 Å². The highest BCUT2D eigenvalue weighted by molar-refractivity contribution is 5.96. The summed E-state index contributed by atoms with van der Waals surface area (Å²) >= 11 is 0. The molecule has 0 heterocycles. The third-order valence-corrected chi connectivity index (χ3v) is 2.69. The van der Waals surface area contributed by atoms with Crippen molar-refractivity contribution in [1.29, 1.82) is 0 Å². The molecule has 86 valence electrons. The molecule has 0 aromatic heterocycles. The number of carbonyl (C=O) groups excluding carboxylic acids is 1. The molecule has 2 aromatic rings. The molecule has 0 aliphatic rings. The first-order valence-corrected chi connectivity index (χ1v) is 5.47. The highest BCUT2D eigenvalue weighted by Crippen LogP contribution is 2.30. The molecule has 0 aliphatic carbocycles. The van der Waals surface area contributed by atoms with E-state index in [2.05, 4.69) is 0 Å². The fourth-order valence-corrected chi connectivity index (χ4v) is 1.77. The molecule has 0 spiro atoms. The molecule has 0 unspecified atom stereocenters. The number of carbonyl (C=O) groups is 1. The van der Waals surface area contributed by atoms with Gasteiger partial charge in [0.25, 0.3) is 0 Å². The van der Waals surface area contributed by atoms with Crippen LogP contribution in [0.3, 0.4) is 0 Å². The Labute approximate surface area is 101 Å². The number of benzene rings is 2. The lowest BCUT2D eigenvalue weighted by Crippen LogP contribution is -1.95. The van der Waals surface area contributed by atoms with Crippen molar-refractivity contribution < 1.29 is 9.53 Å². The van der Waals surface area contributed by atoms with Gasteiger partial charge in [-0.1, -0.05) is 30.3 Å². The van der Waals surface area contributed by atoms with Gasteiger partial charge in [0, 0.05) is 11.1 Å². The molecule has 0 radical (unpaired) electrons. The van der Waals surface area contributed by atoms with Crippen molar-refractivity contribution in [3.63, 3.8) is 0 Å². The average Bonchev–Trinajstić information content (AvgIpc) is 2.39. The van der Waals surface area contributed by atoms with Crippen LogP contribution in [0.2, 0.25) is 0 Å². The van der Waals surface area contributed by atoms with Crippen LogP contribution in [0.25, 0.3) is 11.1 Å². The number of rotatable bonds is 3. The number of hydrogen-bond acceptors (Lipinski definition) is 2. The van der Waals surface area contributed by atoms with Gasteiger partial charge in [-0.05, 0) is 30.7 Å². The lowest BCUT2D eigenvalue weighted by atomic mass is 10.0. The van der Waals surface area contributed by atoms with E-state index < -0.39 is 0 Å². The first kappa shape index (κ1) is 11.4. The SMILES string of the molecule is COc1ccc(C(C)=O)cc1-c1ccccc1. The summed E-state index contributed by atoms with van der Waals surface area (Å²) in [4.78, 5) is 11.4. The smallest absolute Gasteiger partial charge is 0.159 e. The van der Waals surface area contributed by atoms with Crippen LogP contribution in [0.5, 0.6) is 5.75 Å². The lowest BCUT2D eigenvalue weighted by Gasteiger charge is -2.09. The number of hydrogen-bond donors (Lipinski definition) is 0. The van der Waals surface area contributed by atoms with E-state index in [9.17, 15) is 4.79 Å². The van der Waals surface area contributed by atoms with E-state index in [0.29, 0.717) is 5.56 Å². The predicted molar refractivity (Wildman–Crippen MR) is 68.4 cm³/mol. The van der Waals surface area contributed by atoms with Crippen molar-refractivity contribution in [3.05, 3.63) is 54.1 Å². The topological polar surface area (TPSA) is 26.3 Å². The molecule has 0 fully saturated rings. The molecule has 2 rings (SSSR count). The molecule has 2 nitrogen and oxygen atoms in total. The average molecular weight is 226 g/mol. The van der Waals surface area contributed by atoms with Gasteiger partial charge in [-0.2, -0.15) is 0 Å². The summed E-state index contributed by atoms with van der Waals surface area (Å²) in [5.41, 5.74) is 2.69. The second kappa shape index (κ2) is 4.83. The maximum atomic E-state index is 11.4. The molecular formula is C15H14O2. The van der Waals surface area contributed by atoms with Crippen molar-refractivity contribution in [2.75, 3.05) is 7.11 Å². The molecule has 0 bridgehead atoms. The molecule has 17 heavy (non-hydrogen) atoms. The lowest BCUT2D eigenvalue weighted by molar-refractivity contribution is 0.101. The predicted octanol–water partition coefficient (Wildman–Crippen LogP) is 3.56. The summed E-state index contributed by atoms with van der Waals surface area (Å²) < 4.78 is 5.32. The normalized spacial score (nSPS) is 10.0. The van der Waals surface area contributed by atoms with Crippen LogP contribution >= 0.6 is 0 Å². The van der Waals surface area contributed by atoms with Gasteiger partial charge in [0.1, 0.15) is 5.75 Å². The summed E-state index contributed by atoms with van der Waals surface area (Å²) in [6.45, 7) is 1.57. The largest absolute Gasteiger partial charge is 0.496 e. The van der Waals surface area contributed by atoms with Crippen LogP contribution < -0.4 is 4.74 Å². The van der Waals surface area contributed by atoms with E-state index >= 15 is 0 Å². The third-order valence-electron chi connectivity index (χ3n) is 2.69. The molecule has 0 N–H and O–H groups in total. The second-order valence-electron chi connectivity index (χ2n) is 3.84. The van der Waals surface area contributed by atoms with Gasteiger partial charge in [-0.15, -0.1) is 0 Å². The van der Waals surface area contributed by atoms with Crippen LogP contribution in [0.1, 0.15) is 17.3 Å². The number of methoxy groups -OCH3 is 1.